The number of pyridine rings is 2. The zero-order chi connectivity index (χ0) is 25.3. The van der Waals surface area contributed by atoms with Gasteiger partial charge in [-0.3, -0.25) is 9.97 Å². The lowest BCUT2D eigenvalue weighted by molar-refractivity contribution is 1.31. The van der Waals surface area contributed by atoms with Gasteiger partial charge in [0.25, 0.3) is 0 Å². The van der Waals surface area contributed by atoms with E-state index in [-0.39, 0.29) is 0 Å². The fourth-order valence-electron chi connectivity index (χ4n) is 5.36. The molecule has 0 saturated carbocycles. The quantitative estimate of drug-likeness (QED) is 0.233. The second-order valence-corrected chi connectivity index (χ2v) is 9.44. The molecule has 0 atom stereocenters. The predicted molar refractivity (Wildman–Crippen MR) is 159 cm³/mol. The van der Waals surface area contributed by atoms with Gasteiger partial charge < -0.3 is 0 Å². The Balaban J connectivity index is 1.48. The first-order valence-electron chi connectivity index (χ1n) is 12.8. The summed E-state index contributed by atoms with van der Waals surface area (Å²) in [5.41, 5.74) is 8.63. The Morgan fingerprint density at radius 3 is 1.03 bits per heavy atom. The summed E-state index contributed by atoms with van der Waals surface area (Å²) < 4.78 is 0. The van der Waals surface area contributed by atoms with Gasteiger partial charge in [0.15, 0.2) is 0 Å². The van der Waals surface area contributed by atoms with Gasteiger partial charge >= 0.3 is 0 Å². The minimum absolute atomic E-state index is 0.940. The van der Waals surface area contributed by atoms with Crippen LogP contribution in [0.2, 0.25) is 0 Å². The summed E-state index contributed by atoms with van der Waals surface area (Å²) in [5.74, 6) is 0. The molecule has 7 aromatic rings. The van der Waals surface area contributed by atoms with Crippen molar-refractivity contribution < 1.29 is 0 Å². The van der Waals surface area contributed by atoms with Crippen molar-refractivity contribution in [1.82, 2.24) is 9.97 Å². The highest BCUT2D eigenvalue weighted by Gasteiger charge is 2.19. The lowest BCUT2D eigenvalue weighted by Gasteiger charge is -2.18. The molecule has 2 heterocycles. The molecule has 178 valence electrons. The van der Waals surface area contributed by atoms with E-state index in [0.717, 1.165) is 44.8 Å². The third kappa shape index (κ3) is 3.84. The molecule has 0 unspecified atom stereocenters. The number of nitrogens with zero attached hydrogens (tertiary/aromatic N) is 2. The van der Waals surface area contributed by atoms with Crippen LogP contribution in [0.1, 0.15) is 0 Å². The topological polar surface area (TPSA) is 25.8 Å². The average Bonchev–Trinajstić information content (AvgIpc) is 3.01. The molecule has 2 heteroatoms. The van der Waals surface area contributed by atoms with E-state index in [2.05, 4.69) is 121 Å². The second-order valence-electron chi connectivity index (χ2n) is 9.44. The molecule has 0 aliphatic heterocycles. The summed E-state index contributed by atoms with van der Waals surface area (Å²) in [6, 6.07) is 46.6. The first-order valence-corrected chi connectivity index (χ1v) is 12.8. The molecule has 0 bridgehead atoms. The van der Waals surface area contributed by atoms with Crippen LogP contribution in [0.3, 0.4) is 0 Å². The molecular formula is C36H24N2. The Bertz CT molecular complexity index is 1730. The van der Waals surface area contributed by atoms with Crippen LogP contribution in [-0.2, 0) is 0 Å². The summed E-state index contributed by atoms with van der Waals surface area (Å²) in [6.45, 7) is 0. The maximum atomic E-state index is 5.01. The van der Waals surface area contributed by atoms with E-state index in [1.807, 2.05) is 24.5 Å². The molecule has 0 aliphatic rings. The van der Waals surface area contributed by atoms with E-state index >= 15 is 0 Å². The minimum Gasteiger partial charge on any atom is -0.256 e. The highest BCUT2D eigenvalue weighted by molar-refractivity contribution is 6.21. The predicted octanol–water partition coefficient (Wildman–Crippen LogP) is 9.45. The number of hydrogen-bond acceptors (Lipinski definition) is 2. The van der Waals surface area contributed by atoms with Crippen LogP contribution in [0.25, 0.3) is 66.3 Å². The lowest BCUT2D eigenvalue weighted by Crippen LogP contribution is -1.95. The molecule has 7 rings (SSSR count). The Morgan fingerprint density at radius 2 is 0.658 bits per heavy atom. The highest BCUT2D eigenvalue weighted by atomic mass is 14.7. The summed E-state index contributed by atoms with van der Waals surface area (Å²) in [5, 5.41) is 4.79. The van der Waals surface area contributed by atoms with Gasteiger partial charge in [0, 0.05) is 34.6 Å². The van der Waals surface area contributed by atoms with Gasteiger partial charge in [-0.1, -0.05) is 121 Å². The minimum atomic E-state index is 0.940. The van der Waals surface area contributed by atoms with Gasteiger partial charge in [-0.15, -0.1) is 0 Å². The zero-order valence-corrected chi connectivity index (χ0v) is 20.8. The fourth-order valence-corrected chi connectivity index (χ4v) is 5.36. The third-order valence-corrected chi connectivity index (χ3v) is 7.19. The number of rotatable bonds is 4. The van der Waals surface area contributed by atoms with E-state index in [0.29, 0.717) is 0 Å². The zero-order valence-electron chi connectivity index (χ0n) is 20.8. The number of fused-ring (bicyclic) bond motifs is 3. The molecule has 0 spiro atoms. The molecule has 5 aromatic carbocycles. The van der Waals surface area contributed by atoms with E-state index in [9.17, 15) is 0 Å². The molecule has 2 aromatic heterocycles. The first-order chi connectivity index (χ1) is 18.9. The van der Waals surface area contributed by atoms with Gasteiger partial charge in [0.2, 0.25) is 0 Å². The Labute approximate surface area is 221 Å². The highest BCUT2D eigenvalue weighted by Crippen LogP contribution is 2.43. The Hall–Kier alpha value is -5.08. The summed E-state index contributed by atoms with van der Waals surface area (Å²) >= 11 is 0. The molecule has 0 radical (unpaired) electrons. The van der Waals surface area contributed by atoms with Crippen molar-refractivity contribution >= 4 is 21.5 Å². The van der Waals surface area contributed by atoms with Crippen LogP contribution in [0.4, 0.5) is 0 Å². The maximum absolute atomic E-state index is 5.01. The van der Waals surface area contributed by atoms with Crippen LogP contribution >= 0.6 is 0 Å². The average molecular weight is 485 g/mol. The Kier molecular flexibility index (Phi) is 5.49. The van der Waals surface area contributed by atoms with Gasteiger partial charge in [0.1, 0.15) is 0 Å². The number of aromatic nitrogens is 2. The van der Waals surface area contributed by atoms with Crippen molar-refractivity contribution in [2.75, 3.05) is 0 Å². The van der Waals surface area contributed by atoms with Crippen LogP contribution in [0.5, 0.6) is 0 Å². The molecular weight excluding hydrogens is 460 g/mol. The molecule has 2 nitrogen and oxygen atoms in total. The van der Waals surface area contributed by atoms with Crippen LogP contribution in [-0.4, -0.2) is 9.97 Å². The third-order valence-electron chi connectivity index (χ3n) is 7.19. The van der Waals surface area contributed by atoms with Crippen molar-refractivity contribution in [1.29, 1.82) is 0 Å². The number of hydrogen-bond donors (Lipinski definition) is 0. The Morgan fingerprint density at radius 1 is 0.289 bits per heavy atom. The van der Waals surface area contributed by atoms with Gasteiger partial charge in [-0.05, 0) is 44.8 Å². The van der Waals surface area contributed by atoms with Crippen LogP contribution < -0.4 is 0 Å². The summed E-state index contributed by atoms with van der Waals surface area (Å²) in [7, 11) is 0. The molecule has 0 fully saturated rings. The van der Waals surface area contributed by atoms with Crippen molar-refractivity contribution in [3.63, 3.8) is 0 Å². The molecule has 0 saturated heterocycles. The summed E-state index contributed by atoms with van der Waals surface area (Å²) in [4.78, 5) is 10.0. The van der Waals surface area contributed by atoms with Crippen LogP contribution in [0.15, 0.2) is 146 Å². The normalized spacial score (nSPS) is 11.2. The molecule has 0 aliphatic carbocycles. The standard InChI is InChI=1S/C36H24N2/c1-3-11-25(12-4-1)27-19-21-33(37-23-27)35-31-17-9-7-15-29(31)30-16-8-10-18-32(30)36(35)34-22-20-28(24-38-34)26-13-5-2-6-14-26/h1-24H. The lowest BCUT2D eigenvalue weighted by atomic mass is 9.88. The first kappa shape index (κ1) is 22.1. The van der Waals surface area contributed by atoms with E-state index in [1.165, 1.54) is 21.5 Å². The van der Waals surface area contributed by atoms with Crippen molar-refractivity contribution in [2.45, 2.75) is 0 Å². The number of benzene rings is 5. The van der Waals surface area contributed by atoms with Crippen molar-refractivity contribution in [3.8, 4) is 44.8 Å². The van der Waals surface area contributed by atoms with E-state index in [4.69, 9.17) is 9.97 Å². The SMILES string of the molecule is c1ccc(-c2ccc(-c3c(-c4ccc(-c5ccccc5)cn4)c4ccccc4c4ccccc34)nc2)cc1. The second kappa shape index (κ2) is 9.42. The maximum Gasteiger partial charge on any atom is 0.0715 e. The van der Waals surface area contributed by atoms with E-state index in [1.54, 1.807) is 0 Å². The monoisotopic (exact) mass is 484 g/mol. The van der Waals surface area contributed by atoms with Crippen molar-refractivity contribution in [2.24, 2.45) is 0 Å². The largest absolute Gasteiger partial charge is 0.256 e. The summed E-state index contributed by atoms with van der Waals surface area (Å²) in [6.07, 6.45) is 3.95. The van der Waals surface area contributed by atoms with Crippen molar-refractivity contribution in [3.05, 3.63) is 146 Å². The van der Waals surface area contributed by atoms with Gasteiger partial charge in [-0.25, -0.2) is 0 Å². The van der Waals surface area contributed by atoms with Crippen LogP contribution in [0, 0.1) is 0 Å². The smallest absolute Gasteiger partial charge is 0.0715 e. The molecule has 38 heavy (non-hydrogen) atoms. The fraction of sp³-hybridized carbons (Fsp3) is 0. The van der Waals surface area contributed by atoms with E-state index < -0.39 is 0 Å². The molecule has 0 amide bonds. The van der Waals surface area contributed by atoms with Gasteiger partial charge in [0.05, 0.1) is 11.4 Å². The van der Waals surface area contributed by atoms with Gasteiger partial charge in [-0.2, -0.15) is 0 Å². The molecule has 0 N–H and O–H groups in total.